The Labute approximate surface area is 232 Å². The quantitative estimate of drug-likeness (QED) is 0.336. The molecule has 0 heterocycles. The van der Waals surface area contributed by atoms with Gasteiger partial charge >= 0.3 is 0 Å². The topological polar surface area (TPSA) is 86.8 Å². The highest BCUT2D eigenvalue weighted by atomic mass is 32.2. The molecule has 0 aliphatic heterocycles. The van der Waals surface area contributed by atoms with Crippen LogP contribution in [0.5, 0.6) is 0 Å². The van der Waals surface area contributed by atoms with E-state index < -0.39 is 28.5 Å². The van der Waals surface area contributed by atoms with Crippen molar-refractivity contribution in [2.45, 2.75) is 71.0 Å². The Morgan fingerprint density at radius 3 is 2.00 bits per heavy atom. The number of sulfonamides is 1. The van der Waals surface area contributed by atoms with Crippen molar-refractivity contribution in [1.29, 1.82) is 0 Å². The Bertz CT molecular complexity index is 1380. The van der Waals surface area contributed by atoms with Gasteiger partial charge in [-0.1, -0.05) is 74.5 Å². The van der Waals surface area contributed by atoms with E-state index in [1.165, 1.54) is 17.0 Å². The first-order valence-corrected chi connectivity index (χ1v) is 14.8. The molecule has 0 saturated heterocycles. The number of carbonyl (C=O) groups is 2. The maximum atomic E-state index is 14.1. The van der Waals surface area contributed by atoms with Crippen LogP contribution in [-0.4, -0.2) is 43.8 Å². The molecule has 8 heteroatoms. The average Bonchev–Trinajstić information content (AvgIpc) is 2.93. The molecule has 0 aliphatic rings. The fourth-order valence-corrected chi connectivity index (χ4v) is 5.91. The molecule has 0 radical (unpaired) electrons. The van der Waals surface area contributed by atoms with Crippen LogP contribution in [0.3, 0.4) is 0 Å². The van der Waals surface area contributed by atoms with Crippen molar-refractivity contribution in [3.63, 3.8) is 0 Å². The number of carbonyl (C=O) groups excluding carboxylic acids is 2. The highest BCUT2D eigenvalue weighted by Gasteiger charge is 2.34. The van der Waals surface area contributed by atoms with Gasteiger partial charge < -0.3 is 10.2 Å². The molecular formula is C31H39N3O4S. The fraction of sp³-hybridized carbons (Fsp3) is 0.355. The van der Waals surface area contributed by atoms with Crippen LogP contribution in [0.2, 0.25) is 0 Å². The summed E-state index contributed by atoms with van der Waals surface area (Å²) < 4.78 is 28.9. The molecule has 2 atom stereocenters. The van der Waals surface area contributed by atoms with Gasteiger partial charge in [-0.3, -0.25) is 13.9 Å². The van der Waals surface area contributed by atoms with E-state index in [2.05, 4.69) is 5.32 Å². The van der Waals surface area contributed by atoms with E-state index in [0.717, 1.165) is 27.4 Å². The van der Waals surface area contributed by atoms with Crippen LogP contribution in [0.15, 0.2) is 83.8 Å². The molecule has 0 spiro atoms. The van der Waals surface area contributed by atoms with Gasteiger partial charge in [0.15, 0.2) is 0 Å². The SMILES string of the molecule is CC[C@H](C)NC(=O)[C@H](CC)N(Cc1ccccc1C)C(=O)CN(c1ccccc1C)S(=O)(=O)c1ccccc1. The van der Waals surface area contributed by atoms with Gasteiger partial charge in [0.05, 0.1) is 10.6 Å². The van der Waals surface area contributed by atoms with E-state index in [-0.39, 0.29) is 23.4 Å². The smallest absolute Gasteiger partial charge is 0.264 e. The van der Waals surface area contributed by atoms with Gasteiger partial charge in [-0.25, -0.2) is 8.42 Å². The number of para-hydroxylation sites is 1. The lowest BCUT2D eigenvalue weighted by molar-refractivity contribution is -0.140. The summed E-state index contributed by atoms with van der Waals surface area (Å²) >= 11 is 0. The van der Waals surface area contributed by atoms with Crippen molar-refractivity contribution in [1.82, 2.24) is 10.2 Å². The first kappa shape index (κ1) is 29.9. The summed E-state index contributed by atoms with van der Waals surface area (Å²) in [5, 5.41) is 3.00. The van der Waals surface area contributed by atoms with E-state index in [1.807, 2.05) is 71.0 Å². The van der Waals surface area contributed by atoms with E-state index in [4.69, 9.17) is 0 Å². The summed E-state index contributed by atoms with van der Waals surface area (Å²) in [7, 11) is -4.08. The third-order valence-electron chi connectivity index (χ3n) is 6.98. The molecule has 2 amide bonds. The molecular weight excluding hydrogens is 510 g/mol. The maximum absolute atomic E-state index is 14.1. The fourth-order valence-electron chi connectivity index (χ4n) is 4.41. The summed E-state index contributed by atoms with van der Waals surface area (Å²) in [4.78, 5) is 29.1. The number of hydrogen-bond acceptors (Lipinski definition) is 4. The number of anilines is 1. The number of benzene rings is 3. The molecule has 0 saturated carbocycles. The number of aryl methyl sites for hydroxylation is 2. The van der Waals surface area contributed by atoms with Gasteiger partial charge in [0, 0.05) is 12.6 Å². The molecule has 0 aromatic heterocycles. The highest BCUT2D eigenvalue weighted by molar-refractivity contribution is 7.92. The molecule has 0 fully saturated rings. The Hall–Kier alpha value is -3.65. The third kappa shape index (κ3) is 7.26. The van der Waals surface area contributed by atoms with E-state index >= 15 is 0 Å². The monoisotopic (exact) mass is 549 g/mol. The largest absolute Gasteiger partial charge is 0.352 e. The molecule has 0 bridgehead atoms. The zero-order chi connectivity index (χ0) is 28.6. The number of hydrogen-bond donors (Lipinski definition) is 1. The van der Waals surface area contributed by atoms with Crippen molar-refractivity contribution in [3.8, 4) is 0 Å². The summed E-state index contributed by atoms with van der Waals surface area (Å²) in [6, 6.07) is 22.1. The molecule has 3 rings (SSSR count). The predicted molar refractivity (Wildman–Crippen MR) is 156 cm³/mol. The van der Waals surface area contributed by atoms with Gasteiger partial charge in [-0.05, 0) is 68.5 Å². The van der Waals surface area contributed by atoms with E-state index in [9.17, 15) is 18.0 Å². The second-order valence-electron chi connectivity index (χ2n) is 9.80. The minimum Gasteiger partial charge on any atom is -0.352 e. The summed E-state index contributed by atoms with van der Waals surface area (Å²) in [5.41, 5.74) is 3.02. The van der Waals surface area contributed by atoms with Crippen LogP contribution >= 0.6 is 0 Å². The van der Waals surface area contributed by atoms with E-state index in [0.29, 0.717) is 12.1 Å². The molecule has 3 aromatic carbocycles. The second kappa shape index (κ2) is 13.4. The summed E-state index contributed by atoms with van der Waals surface area (Å²) in [6.07, 6.45) is 1.14. The van der Waals surface area contributed by atoms with Crippen LogP contribution in [0.25, 0.3) is 0 Å². The molecule has 7 nitrogen and oxygen atoms in total. The Morgan fingerprint density at radius 1 is 0.821 bits per heavy atom. The predicted octanol–water partition coefficient (Wildman–Crippen LogP) is 5.22. The van der Waals surface area contributed by atoms with Gasteiger partial charge in [-0.15, -0.1) is 0 Å². The second-order valence-corrected chi connectivity index (χ2v) is 11.7. The van der Waals surface area contributed by atoms with E-state index in [1.54, 1.807) is 30.3 Å². The van der Waals surface area contributed by atoms with Crippen LogP contribution in [-0.2, 0) is 26.2 Å². The zero-order valence-electron chi connectivity index (χ0n) is 23.4. The summed E-state index contributed by atoms with van der Waals surface area (Å²) in [6.45, 7) is 9.27. The average molecular weight is 550 g/mol. The third-order valence-corrected chi connectivity index (χ3v) is 8.76. The van der Waals surface area contributed by atoms with Crippen molar-refractivity contribution in [2.24, 2.45) is 0 Å². The van der Waals surface area contributed by atoms with Crippen LogP contribution in [0, 0.1) is 13.8 Å². The standard InChI is InChI=1S/C31H39N3O4S/c1-6-25(5)32-31(36)28(7-2)33(21-26-17-13-11-15-23(26)3)30(35)22-34(29-20-14-12-16-24(29)4)39(37,38)27-18-9-8-10-19-27/h8-20,25,28H,6-7,21-22H2,1-5H3,(H,32,36)/t25-,28-/m0/s1. The van der Waals surface area contributed by atoms with Crippen molar-refractivity contribution in [3.05, 3.63) is 95.6 Å². The van der Waals surface area contributed by atoms with Crippen molar-refractivity contribution >= 4 is 27.5 Å². The Kier molecular flexibility index (Phi) is 10.3. The zero-order valence-corrected chi connectivity index (χ0v) is 24.2. The lowest BCUT2D eigenvalue weighted by Crippen LogP contribution is -2.53. The van der Waals surface area contributed by atoms with Crippen LogP contribution in [0.4, 0.5) is 5.69 Å². The van der Waals surface area contributed by atoms with Crippen molar-refractivity contribution in [2.75, 3.05) is 10.8 Å². The normalized spacial score (nSPS) is 12.8. The highest BCUT2D eigenvalue weighted by Crippen LogP contribution is 2.27. The first-order valence-electron chi connectivity index (χ1n) is 13.4. The lowest BCUT2D eigenvalue weighted by Gasteiger charge is -2.34. The molecule has 1 N–H and O–H groups in total. The van der Waals surface area contributed by atoms with Gasteiger partial charge in [0.2, 0.25) is 11.8 Å². The number of nitrogens with one attached hydrogen (secondary N) is 1. The summed E-state index contributed by atoms with van der Waals surface area (Å²) in [5.74, 6) is -0.700. The van der Waals surface area contributed by atoms with Gasteiger partial charge in [-0.2, -0.15) is 0 Å². The van der Waals surface area contributed by atoms with Crippen LogP contribution < -0.4 is 9.62 Å². The van der Waals surface area contributed by atoms with Gasteiger partial charge in [0.25, 0.3) is 10.0 Å². The van der Waals surface area contributed by atoms with Gasteiger partial charge in [0.1, 0.15) is 12.6 Å². The molecule has 39 heavy (non-hydrogen) atoms. The molecule has 0 aliphatic carbocycles. The maximum Gasteiger partial charge on any atom is 0.264 e. The molecule has 208 valence electrons. The number of rotatable bonds is 12. The number of nitrogens with zero attached hydrogens (tertiary/aromatic N) is 2. The minimum absolute atomic E-state index is 0.0520. The minimum atomic E-state index is -4.08. The van der Waals surface area contributed by atoms with Crippen molar-refractivity contribution < 1.29 is 18.0 Å². The number of amides is 2. The lowest BCUT2D eigenvalue weighted by atomic mass is 10.1. The Morgan fingerprint density at radius 2 is 1.41 bits per heavy atom. The molecule has 3 aromatic rings. The van der Waals surface area contributed by atoms with Crippen LogP contribution in [0.1, 0.15) is 50.3 Å². The first-order chi connectivity index (χ1) is 18.6. The molecule has 0 unspecified atom stereocenters. The Balaban J connectivity index is 2.07.